The fourth-order valence-electron chi connectivity index (χ4n) is 2.09. The summed E-state index contributed by atoms with van der Waals surface area (Å²) in [5.41, 5.74) is 2.40. The molecule has 0 aliphatic carbocycles. The predicted molar refractivity (Wildman–Crippen MR) is 77.0 cm³/mol. The van der Waals surface area contributed by atoms with Crippen LogP contribution in [0.25, 0.3) is 0 Å². The quantitative estimate of drug-likeness (QED) is 0.877. The van der Waals surface area contributed by atoms with Crippen molar-refractivity contribution in [2.75, 3.05) is 17.2 Å². The number of rotatable bonds is 2. The summed E-state index contributed by atoms with van der Waals surface area (Å²) >= 11 is 0. The Balaban J connectivity index is 1.72. The van der Waals surface area contributed by atoms with Gasteiger partial charge in [-0.15, -0.1) is 0 Å². The number of fused-ring (bicyclic) bond motifs is 1. The number of para-hydroxylation sites is 2. The van der Waals surface area contributed by atoms with E-state index in [1.807, 2.05) is 37.3 Å². The van der Waals surface area contributed by atoms with Crippen molar-refractivity contribution in [3.8, 4) is 5.75 Å². The third-order valence-electron chi connectivity index (χ3n) is 3.19. The Morgan fingerprint density at radius 3 is 3.05 bits per heavy atom. The van der Waals surface area contributed by atoms with Gasteiger partial charge in [-0.1, -0.05) is 12.1 Å². The fraction of sp³-hybridized carbons (Fsp3) is 0.200. The minimum absolute atomic E-state index is 0.178. The summed E-state index contributed by atoms with van der Waals surface area (Å²) in [4.78, 5) is 16.4. The standard InChI is InChI=1S/C15H15N3O2/c1-10-11(6-4-8-16-10)18-15(19)14-9-17-12-5-2-3-7-13(12)20-14/h2-8,14,17H,9H2,1H3,(H,18,19). The molecule has 0 saturated carbocycles. The molecule has 2 N–H and O–H groups in total. The maximum absolute atomic E-state index is 12.2. The largest absolute Gasteiger partial charge is 0.477 e. The molecule has 1 aromatic carbocycles. The van der Waals surface area contributed by atoms with E-state index >= 15 is 0 Å². The summed E-state index contributed by atoms with van der Waals surface area (Å²) < 4.78 is 5.71. The second-order valence-electron chi connectivity index (χ2n) is 4.61. The van der Waals surface area contributed by atoms with E-state index in [-0.39, 0.29) is 5.91 Å². The van der Waals surface area contributed by atoms with Crippen LogP contribution in [0.15, 0.2) is 42.6 Å². The van der Waals surface area contributed by atoms with Gasteiger partial charge in [-0.2, -0.15) is 0 Å². The van der Waals surface area contributed by atoms with Gasteiger partial charge >= 0.3 is 0 Å². The van der Waals surface area contributed by atoms with E-state index in [9.17, 15) is 4.79 Å². The Morgan fingerprint density at radius 1 is 1.35 bits per heavy atom. The highest BCUT2D eigenvalue weighted by Gasteiger charge is 2.25. The van der Waals surface area contributed by atoms with Gasteiger partial charge < -0.3 is 15.4 Å². The number of hydrogen-bond acceptors (Lipinski definition) is 4. The van der Waals surface area contributed by atoms with Crippen LogP contribution in [0.2, 0.25) is 0 Å². The van der Waals surface area contributed by atoms with Crippen LogP contribution in [0.4, 0.5) is 11.4 Å². The SMILES string of the molecule is Cc1ncccc1NC(=O)C1CNc2ccccc2O1. The summed E-state index contributed by atoms with van der Waals surface area (Å²) in [7, 11) is 0. The first kappa shape index (κ1) is 12.5. The van der Waals surface area contributed by atoms with Crippen LogP contribution in [0, 0.1) is 6.92 Å². The van der Waals surface area contributed by atoms with E-state index < -0.39 is 6.10 Å². The van der Waals surface area contributed by atoms with Gasteiger partial charge in [0.25, 0.3) is 5.91 Å². The van der Waals surface area contributed by atoms with Crippen LogP contribution in [0.1, 0.15) is 5.69 Å². The van der Waals surface area contributed by atoms with E-state index in [2.05, 4.69) is 15.6 Å². The van der Waals surface area contributed by atoms with Gasteiger partial charge in [0.05, 0.1) is 23.6 Å². The Labute approximate surface area is 117 Å². The normalized spacial score (nSPS) is 16.6. The molecule has 0 radical (unpaired) electrons. The van der Waals surface area contributed by atoms with Crippen molar-refractivity contribution in [1.29, 1.82) is 0 Å². The highest BCUT2D eigenvalue weighted by Crippen LogP contribution is 2.28. The molecule has 1 aromatic heterocycles. The van der Waals surface area contributed by atoms with Crippen LogP contribution >= 0.6 is 0 Å². The van der Waals surface area contributed by atoms with Crippen molar-refractivity contribution in [3.05, 3.63) is 48.3 Å². The van der Waals surface area contributed by atoms with Crippen molar-refractivity contribution in [3.63, 3.8) is 0 Å². The molecule has 5 nitrogen and oxygen atoms in total. The van der Waals surface area contributed by atoms with Crippen molar-refractivity contribution < 1.29 is 9.53 Å². The summed E-state index contributed by atoms with van der Waals surface area (Å²) in [6.45, 7) is 2.30. The maximum atomic E-state index is 12.2. The lowest BCUT2D eigenvalue weighted by Crippen LogP contribution is -2.41. The monoisotopic (exact) mass is 269 g/mol. The van der Waals surface area contributed by atoms with Crippen molar-refractivity contribution in [2.24, 2.45) is 0 Å². The highest BCUT2D eigenvalue weighted by molar-refractivity contribution is 5.95. The smallest absolute Gasteiger partial charge is 0.267 e. The molecular weight excluding hydrogens is 254 g/mol. The van der Waals surface area contributed by atoms with Gasteiger partial charge in [0.15, 0.2) is 6.10 Å². The molecular formula is C15H15N3O2. The van der Waals surface area contributed by atoms with Gasteiger partial charge in [-0.25, -0.2) is 0 Å². The second-order valence-corrected chi connectivity index (χ2v) is 4.61. The number of carbonyl (C=O) groups excluding carboxylic acids is 1. The van der Waals surface area contributed by atoms with Gasteiger partial charge in [-0.3, -0.25) is 9.78 Å². The van der Waals surface area contributed by atoms with Crippen molar-refractivity contribution >= 4 is 17.3 Å². The first-order valence-electron chi connectivity index (χ1n) is 6.46. The number of ether oxygens (including phenoxy) is 1. The minimum Gasteiger partial charge on any atom is -0.477 e. The molecule has 102 valence electrons. The van der Waals surface area contributed by atoms with Crippen LogP contribution < -0.4 is 15.4 Å². The summed E-state index contributed by atoms with van der Waals surface area (Å²) in [6.07, 6.45) is 1.14. The van der Waals surface area contributed by atoms with Gasteiger partial charge in [-0.05, 0) is 31.2 Å². The average molecular weight is 269 g/mol. The zero-order valence-corrected chi connectivity index (χ0v) is 11.1. The number of amides is 1. The molecule has 1 atom stereocenters. The van der Waals surface area contributed by atoms with E-state index in [1.54, 1.807) is 12.3 Å². The van der Waals surface area contributed by atoms with Gasteiger partial charge in [0, 0.05) is 6.20 Å². The highest BCUT2D eigenvalue weighted by atomic mass is 16.5. The molecule has 3 rings (SSSR count). The predicted octanol–water partition coefficient (Wildman–Crippen LogP) is 2.20. The molecule has 0 spiro atoms. The summed E-state index contributed by atoms with van der Waals surface area (Å²) in [6, 6.07) is 11.2. The first-order valence-corrected chi connectivity index (χ1v) is 6.46. The molecule has 0 saturated heterocycles. The maximum Gasteiger partial charge on any atom is 0.267 e. The van der Waals surface area contributed by atoms with E-state index in [4.69, 9.17) is 4.74 Å². The molecule has 1 unspecified atom stereocenters. The number of nitrogens with one attached hydrogen (secondary N) is 2. The molecule has 1 aliphatic heterocycles. The molecule has 20 heavy (non-hydrogen) atoms. The Hall–Kier alpha value is -2.56. The number of carbonyl (C=O) groups is 1. The molecule has 0 fully saturated rings. The number of aryl methyl sites for hydroxylation is 1. The van der Waals surface area contributed by atoms with E-state index in [1.165, 1.54) is 0 Å². The van der Waals surface area contributed by atoms with E-state index in [0.29, 0.717) is 18.0 Å². The van der Waals surface area contributed by atoms with Crippen LogP contribution in [0.3, 0.4) is 0 Å². The molecule has 5 heteroatoms. The van der Waals surface area contributed by atoms with Crippen LogP contribution in [-0.2, 0) is 4.79 Å². The number of nitrogens with zero attached hydrogens (tertiary/aromatic N) is 1. The Morgan fingerprint density at radius 2 is 2.20 bits per heavy atom. The first-order chi connectivity index (χ1) is 9.74. The van der Waals surface area contributed by atoms with Crippen molar-refractivity contribution in [1.82, 2.24) is 4.98 Å². The lowest BCUT2D eigenvalue weighted by atomic mass is 10.2. The Kier molecular flexibility index (Phi) is 3.25. The van der Waals surface area contributed by atoms with Gasteiger partial charge in [0.2, 0.25) is 0 Å². The fourth-order valence-corrected chi connectivity index (χ4v) is 2.09. The lowest BCUT2D eigenvalue weighted by Gasteiger charge is -2.26. The van der Waals surface area contributed by atoms with Crippen LogP contribution in [0.5, 0.6) is 5.75 Å². The molecule has 1 amide bonds. The number of hydrogen-bond donors (Lipinski definition) is 2. The topological polar surface area (TPSA) is 63.2 Å². The zero-order valence-electron chi connectivity index (χ0n) is 11.1. The summed E-state index contributed by atoms with van der Waals surface area (Å²) in [5.74, 6) is 0.518. The van der Waals surface area contributed by atoms with Crippen molar-refractivity contribution in [2.45, 2.75) is 13.0 Å². The number of pyridine rings is 1. The van der Waals surface area contributed by atoms with E-state index in [0.717, 1.165) is 11.4 Å². The van der Waals surface area contributed by atoms with Gasteiger partial charge in [0.1, 0.15) is 5.75 Å². The third kappa shape index (κ3) is 2.42. The Bertz CT molecular complexity index is 643. The molecule has 2 heterocycles. The molecule has 2 aromatic rings. The molecule has 0 bridgehead atoms. The molecule has 1 aliphatic rings. The summed E-state index contributed by atoms with van der Waals surface area (Å²) in [5, 5.41) is 6.04. The second kappa shape index (κ2) is 5.21. The third-order valence-corrected chi connectivity index (χ3v) is 3.19. The number of aromatic nitrogens is 1. The minimum atomic E-state index is -0.551. The lowest BCUT2D eigenvalue weighted by molar-refractivity contribution is -0.122. The van der Waals surface area contributed by atoms with Crippen LogP contribution in [-0.4, -0.2) is 23.5 Å². The average Bonchev–Trinajstić information content (AvgIpc) is 2.49. The number of benzene rings is 1. The number of anilines is 2. The zero-order chi connectivity index (χ0) is 13.9.